The Morgan fingerprint density at radius 1 is 1.33 bits per heavy atom. The summed E-state index contributed by atoms with van der Waals surface area (Å²) in [5, 5.41) is 3.35. The fourth-order valence-corrected chi connectivity index (χ4v) is 2.38. The summed E-state index contributed by atoms with van der Waals surface area (Å²) in [6.07, 6.45) is 5.85. The zero-order valence-corrected chi connectivity index (χ0v) is 11.2. The van der Waals surface area contributed by atoms with Crippen LogP contribution in [0, 0.1) is 6.92 Å². The molecule has 2 rings (SSSR count). The Kier molecular flexibility index (Phi) is 4.96. The van der Waals surface area contributed by atoms with Crippen molar-refractivity contribution in [2.24, 2.45) is 0 Å². The summed E-state index contributed by atoms with van der Waals surface area (Å²) in [7, 11) is 0. The van der Waals surface area contributed by atoms with Gasteiger partial charge in [-0.15, -0.1) is 0 Å². The van der Waals surface area contributed by atoms with E-state index < -0.39 is 0 Å². The standard InChI is InChI=1S/C14H23N3O/c1-12-9-14(18)13(11-16-12)10-15-5-8-17-6-3-2-4-7-17/h9,11,15H,2-8,10H2,1H3,(H,16,18). The van der Waals surface area contributed by atoms with E-state index in [1.165, 1.54) is 32.4 Å². The molecule has 0 radical (unpaired) electrons. The Morgan fingerprint density at radius 3 is 2.83 bits per heavy atom. The number of nitrogens with zero attached hydrogens (tertiary/aromatic N) is 1. The Bertz CT molecular complexity index is 421. The zero-order valence-electron chi connectivity index (χ0n) is 11.2. The molecule has 4 nitrogen and oxygen atoms in total. The minimum absolute atomic E-state index is 0.122. The topological polar surface area (TPSA) is 48.1 Å². The van der Waals surface area contributed by atoms with Crippen LogP contribution >= 0.6 is 0 Å². The number of pyridine rings is 1. The van der Waals surface area contributed by atoms with E-state index in [9.17, 15) is 4.79 Å². The smallest absolute Gasteiger partial charge is 0.186 e. The summed E-state index contributed by atoms with van der Waals surface area (Å²) in [4.78, 5) is 17.2. The van der Waals surface area contributed by atoms with E-state index in [1.54, 1.807) is 6.07 Å². The third-order valence-corrected chi connectivity index (χ3v) is 3.51. The number of rotatable bonds is 5. The molecule has 0 aromatic carbocycles. The third kappa shape index (κ3) is 3.96. The van der Waals surface area contributed by atoms with Gasteiger partial charge >= 0.3 is 0 Å². The summed E-state index contributed by atoms with van der Waals surface area (Å²) in [5.74, 6) is 0. The number of aromatic nitrogens is 1. The van der Waals surface area contributed by atoms with Crippen molar-refractivity contribution in [3.63, 3.8) is 0 Å². The lowest BCUT2D eigenvalue weighted by Gasteiger charge is -2.26. The summed E-state index contributed by atoms with van der Waals surface area (Å²) in [6.45, 7) is 7.05. The molecule has 0 saturated carbocycles. The molecule has 0 atom stereocenters. The Balaban J connectivity index is 1.70. The molecule has 1 aliphatic rings. The van der Waals surface area contributed by atoms with Crippen LogP contribution in [0.3, 0.4) is 0 Å². The zero-order chi connectivity index (χ0) is 12.8. The molecule has 0 aliphatic carbocycles. The number of likely N-dealkylation sites (tertiary alicyclic amines) is 1. The van der Waals surface area contributed by atoms with Crippen LogP contribution in [0.2, 0.25) is 0 Å². The van der Waals surface area contributed by atoms with Crippen LogP contribution in [0.15, 0.2) is 17.1 Å². The van der Waals surface area contributed by atoms with Crippen molar-refractivity contribution < 1.29 is 0 Å². The maximum Gasteiger partial charge on any atom is 0.186 e. The van der Waals surface area contributed by atoms with E-state index in [1.807, 2.05) is 13.1 Å². The van der Waals surface area contributed by atoms with Gasteiger partial charge in [-0.3, -0.25) is 4.79 Å². The molecular weight excluding hydrogens is 226 g/mol. The second kappa shape index (κ2) is 6.71. The lowest BCUT2D eigenvalue weighted by Crippen LogP contribution is -2.36. The molecule has 100 valence electrons. The minimum atomic E-state index is 0.122. The van der Waals surface area contributed by atoms with Crippen molar-refractivity contribution in [3.8, 4) is 0 Å². The first-order chi connectivity index (χ1) is 8.75. The van der Waals surface area contributed by atoms with Crippen molar-refractivity contribution in [2.75, 3.05) is 26.2 Å². The van der Waals surface area contributed by atoms with Crippen LogP contribution in [0.1, 0.15) is 30.5 Å². The van der Waals surface area contributed by atoms with Crippen molar-refractivity contribution in [2.45, 2.75) is 32.7 Å². The van der Waals surface area contributed by atoms with Crippen LogP contribution in [0.5, 0.6) is 0 Å². The maximum atomic E-state index is 11.7. The highest BCUT2D eigenvalue weighted by molar-refractivity contribution is 5.13. The number of hydrogen-bond donors (Lipinski definition) is 2. The number of aromatic amines is 1. The molecule has 18 heavy (non-hydrogen) atoms. The van der Waals surface area contributed by atoms with Crippen molar-refractivity contribution in [3.05, 3.63) is 33.7 Å². The lowest BCUT2D eigenvalue weighted by molar-refractivity contribution is 0.229. The van der Waals surface area contributed by atoms with Gasteiger partial charge in [0.05, 0.1) is 0 Å². The van der Waals surface area contributed by atoms with Gasteiger partial charge in [0.1, 0.15) is 0 Å². The molecule has 0 amide bonds. The Morgan fingerprint density at radius 2 is 2.11 bits per heavy atom. The average molecular weight is 249 g/mol. The van der Waals surface area contributed by atoms with E-state index in [0.717, 1.165) is 24.3 Å². The monoisotopic (exact) mass is 249 g/mol. The summed E-state index contributed by atoms with van der Waals surface area (Å²) in [5.41, 5.74) is 1.85. The van der Waals surface area contributed by atoms with Gasteiger partial charge in [-0.2, -0.15) is 0 Å². The number of aryl methyl sites for hydroxylation is 1. The fraction of sp³-hybridized carbons (Fsp3) is 0.643. The first-order valence-electron chi connectivity index (χ1n) is 6.87. The third-order valence-electron chi connectivity index (χ3n) is 3.51. The molecule has 1 aromatic heterocycles. The van der Waals surface area contributed by atoms with E-state index in [-0.39, 0.29) is 5.43 Å². The molecule has 1 saturated heterocycles. The van der Waals surface area contributed by atoms with Gasteiger partial charge in [0, 0.05) is 43.2 Å². The van der Waals surface area contributed by atoms with Crippen LogP contribution < -0.4 is 10.7 Å². The second-order valence-corrected chi connectivity index (χ2v) is 5.08. The molecule has 0 unspecified atom stereocenters. The van der Waals surface area contributed by atoms with Crippen LogP contribution in [0.4, 0.5) is 0 Å². The van der Waals surface area contributed by atoms with Crippen molar-refractivity contribution in [1.29, 1.82) is 0 Å². The van der Waals surface area contributed by atoms with E-state index in [0.29, 0.717) is 6.54 Å². The van der Waals surface area contributed by atoms with Gasteiger partial charge in [0.25, 0.3) is 0 Å². The lowest BCUT2D eigenvalue weighted by atomic mass is 10.1. The van der Waals surface area contributed by atoms with Crippen LogP contribution in [0.25, 0.3) is 0 Å². The van der Waals surface area contributed by atoms with Crippen molar-refractivity contribution >= 4 is 0 Å². The maximum absolute atomic E-state index is 11.7. The second-order valence-electron chi connectivity index (χ2n) is 5.08. The average Bonchev–Trinajstić information content (AvgIpc) is 2.38. The van der Waals surface area contributed by atoms with Gasteiger partial charge in [-0.1, -0.05) is 6.42 Å². The number of piperidine rings is 1. The molecule has 0 bridgehead atoms. The highest BCUT2D eigenvalue weighted by Gasteiger charge is 2.08. The van der Waals surface area contributed by atoms with E-state index in [2.05, 4.69) is 15.2 Å². The van der Waals surface area contributed by atoms with E-state index in [4.69, 9.17) is 0 Å². The number of hydrogen-bond acceptors (Lipinski definition) is 3. The highest BCUT2D eigenvalue weighted by Crippen LogP contribution is 2.07. The van der Waals surface area contributed by atoms with Gasteiger partial charge < -0.3 is 15.2 Å². The summed E-state index contributed by atoms with van der Waals surface area (Å²) < 4.78 is 0. The minimum Gasteiger partial charge on any atom is -0.365 e. The van der Waals surface area contributed by atoms with Crippen molar-refractivity contribution in [1.82, 2.24) is 15.2 Å². The summed E-state index contributed by atoms with van der Waals surface area (Å²) in [6, 6.07) is 1.65. The molecule has 0 spiro atoms. The predicted octanol–water partition coefficient (Wildman–Crippen LogP) is 1.26. The van der Waals surface area contributed by atoms with Crippen LogP contribution in [-0.2, 0) is 6.54 Å². The molecular formula is C14H23N3O. The van der Waals surface area contributed by atoms with Crippen LogP contribution in [-0.4, -0.2) is 36.1 Å². The molecule has 2 heterocycles. The van der Waals surface area contributed by atoms with Gasteiger partial charge in [0.15, 0.2) is 5.43 Å². The first-order valence-corrected chi connectivity index (χ1v) is 6.87. The number of H-pyrrole nitrogens is 1. The fourth-order valence-electron chi connectivity index (χ4n) is 2.38. The summed E-state index contributed by atoms with van der Waals surface area (Å²) >= 11 is 0. The molecule has 4 heteroatoms. The van der Waals surface area contributed by atoms with Gasteiger partial charge in [-0.05, 0) is 32.9 Å². The molecule has 1 fully saturated rings. The Hall–Kier alpha value is -1.13. The van der Waals surface area contributed by atoms with Gasteiger partial charge in [0.2, 0.25) is 0 Å². The normalized spacial score (nSPS) is 16.9. The molecule has 1 aromatic rings. The highest BCUT2D eigenvalue weighted by atomic mass is 16.1. The Labute approximate surface area is 108 Å². The molecule has 1 aliphatic heterocycles. The number of nitrogens with one attached hydrogen (secondary N) is 2. The molecule has 2 N–H and O–H groups in total. The van der Waals surface area contributed by atoms with E-state index >= 15 is 0 Å². The van der Waals surface area contributed by atoms with Gasteiger partial charge in [-0.25, -0.2) is 0 Å². The first kappa shape index (κ1) is 13.3. The quantitative estimate of drug-likeness (QED) is 0.772. The largest absolute Gasteiger partial charge is 0.365 e. The SMILES string of the molecule is Cc1cc(=O)c(CNCCN2CCCCC2)c[nH]1. The predicted molar refractivity (Wildman–Crippen MR) is 73.8 cm³/mol.